The Labute approximate surface area is 153 Å². The van der Waals surface area contributed by atoms with Crippen molar-refractivity contribution in [1.82, 2.24) is 20.4 Å². The number of likely N-dealkylation sites (N-methyl/N-ethyl adjacent to an activating group) is 2. The van der Waals surface area contributed by atoms with E-state index in [1.54, 1.807) is 19.0 Å². The average molecular weight is 352 g/mol. The average Bonchev–Trinajstić information content (AvgIpc) is 3.04. The van der Waals surface area contributed by atoms with Crippen molar-refractivity contribution < 1.29 is 4.79 Å². The first kappa shape index (κ1) is 20.0. The van der Waals surface area contributed by atoms with Crippen LogP contribution in [0.5, 0.6) is 0 Å². The summed E-state index contributed by atoms with van der Waals surface area (Å²) in [6, 6.07) is 1.04. The number of hydrogen-bond acceptors (Lipinski definition) is 3. The molecular weight excluding hydrogens is 314 g/mol. The minimum atomic E-state index is 0.0363. The predicted octanol–water partition coefficient (Wildman–Crippen LogP) is 1.67. The molecule has 2 N–H and O–H groups in total. The van der Waals surface area contributed by atoms with Gasteiger partial charge in [-0.05, 0) is 44.7 Å². The van der Waals surface area contributed by atoms with Crippen LogP contribution in [-0.2, 0) is 4.79 Å². The molecule has 0 radical (unpaired) electrons. The lowest BCUT2D eigenvalue weighted by atomic mass is 9.87. The Hall–Kier alpha value is -1.30. The number of aliphatic imine (C=N–C) groups is 1. The third kappa shape index (κ3) is 6.49. The van der Waals surface area contributed by atoms with Crippen LogP contribution in [-0.4, -0.2) is 74.0 Å². The zero-order valence-electron chi connectivity index (χ0n) is 16.6. The number of likely N-dealkylation sites (tertiary alicyclic amines) is 1. The molecule has 6 heteroatoms. The highest BCUT2D eigenvalue weighted by Gasteiger charge is 2.24. The van der Waals surface area contributed by atoms with Crippen molar-refractivity contribution in [2.45, 2.75) is 64.5 Å². The molecule has 1 aliphatic carbocycles. The second-order valence-corrected chi connectivity index (χ2v) is 7.87. The van der Waals surface area contributed by atoms with Crippen LogP contribution in [0.25, 0.3) is 0 Å². The van der Waals surface area contributed by atoms with E-state index in [1.165, 1.54) is 45.1 Å². The molecule has 1 saturated carbocycles. The lowest BCUT2D eigenvalue weighted by molar-refractivity contribution is -0.127. The molecule has 1 saturated heterocycles. The summed E-state index contributed by atoms with van der Waals surface area (Å²) in [5.41, 5.74) is 0. The van der Waals surface area contributed by atoms with Crippen LogP contribution in [0.3, 0.4) is 0 Å². The number of carbonyl (C=O) groups excluding carboxylic acids is 1. The molecule has 1 amide bonds. The fourth-order valence-electron chi connectivity index (χ4n) is 3.96. The van der Waals surface area contributed by atoms with Crippen molar-refractivity contribution >= 4 is 11.9 Å². The van der Waals surface area contributed by atoms with Gasteiger partial charge in [0, 0.05) is 32.7 Å². The Kier molecular flexibility index (Phi) is 8.00. The van der Waals surface area contributed by atoms with Crippen LogP contribution in [0.4, 0.5) is 0 Å². The van der Waals surface area contributed by atoms with Crippen molar-refractivity contribution in [2.75, 3.05) is 40.3 Å². The maximum absolute atomic E-state index is 11.9. The van der Waals surface area contributed by atoms with Crippen molar-refractivity contribution in [1.29, 1.82) is 0 Å². The Morgan fingerprint density at radius 2 is 2.04 bits per heavy atom. The maximum Gasteiger partial charge on any atom is 0.243 e. The molecule has 0 aromatic rings. The number of amides is 1. The van der Waals surface area contributed by atoms with Gasteiger partial charge in [0.1, 0.15) is 6.54 Å². The van der Waals surface area contributed by atoms with Gasteiger partial charge in [0.2, 0.25) is 5.91 Å². The molecule has 6 nitrogen and oxygen atoms in total. The highest BCUT2D eigenvalue weighted by molar-refractivity contribution is 5.85. The second-order valence-electron chi connectivity index (χ2n) is 7.87. The van der Waals surface area contributed by atoms with Crippen molar-refractivity contribution in [3.63, 3.8) is 0 Å². The molecule has 0 aromatic heterocycles. The van der Waals surface area contributed by atoms with Gasteiger partial charge in [-0.2, -0.15) is 0 Å². The molecule has 1 aliphatic heterocycles. The summed E-state index contributed by atoms with van der Waals surface area (Å²) in [6.45, 7) is 7.95. The fraction of sp³-hybridized carbons (Fsp3) is 0.895. The Morgan fingerprint density at radius 1 is 1.24 bits per heavy atom. The minimum Gasteiger partial charge on any atom is -0.355 e. The van der Waals surface area contributed by atoms with E-state index in [0.29, 0.717) is 12.1 Å². The van der Waals surface area contributed by atoms with E-state index in [1.807, 2.05) is 0 Å². The molecular formula is C19H37N5O. The number of carbonyl (C=O) groups is 1. The SMILES string of the molecule is CCN1CCCC1CNC(=NCC(=O)N(C)C)NC1CCCC(C)C1. The van der Waals surface area contributed by atoms with Crippen LogP contribution in [0, 0.1) is 5.92 Å². The summed E-state index contributed by atoms with van der Waals surface area (Å²) in [5, 5.41) is 7.10. The third-order valence-electron chi connectivity index (χ3n) is 5.56. The zero-order valence-corrected chi connectivity index (χ0v) is 16.6. The molecule has 0 bridgehead atoms. The Balaban J connectivity index is 1.93. The van der Waals surface area contributed by atoms with E-state index in [4.69, 9.17) is 0 Å². The summed E-state index contributed by atoms with van der Waals surface area (Å²) in [6.07, 6.45) is 7.49. The van der Waals surface area contributed by atoms with E-state index in [9.17, 15) is 4.79 Å². The summed E-state index contributed by atoms with van der Waals surface area (Å²) >= 11 is 0. The van der Waals surface area contributed by atoms with E-state index in [-0.39, 0.29) is 12.5 Å². The van der Waals surface area contributed by atoms with Gasteiger partial charge >= 0.3 is 0 Å². The second kappa shape index (κ2) is 10.00. The van der Waals surface area contributed by atoms with Crippen LogP contribution < -0.4 is 10.6 Å². The third-order valence-corrected chi connectivity index (χ3v) is 5.56. The van der Waals surface area contributed by atoms with Crippen LogP contribution in [0.15, 0.2) is 4.99 Å². The van der Waals surface area contributed by atoms with Gasteiger partial charge in [0.05, 0.1) is 0 Å². The van der Waals surface area contributed by atoms with Gasteiger partial charge < -0.3 is 15.5 Å². The quantitative estimate of drug-likeness (QED) is 0.565. The largest absolute Gasteiger partial charge is 0.355 e. The van der Waals surface area contributed by atoms with Gasteiger partial charge in [-0.3, -0.25) is 9.69 Å². The van der Waals surface area contributed by atoms with Gasteiger partial charge in [-0.25, -0.2) is 4.99 Å². The monoisotopic (exact) mass is 351 g/mol. The maximum atomic E-state index is 11.9. The summed E-state index contributed by atoms with van der Waals surface area (Å²) in [5.74, 6) is 1.60. The molecule has 3 atom stereocenters. The number of guanidine groups is 1. The van der Waals surface area contributed by atoms with Gasteiger partial charge in [0.15, 0.2) is 5.96 Å². The van der Waals surface area contributed by atoms with E-state index in [0.717, 1.165) is 25.0 Å². The van der Waals surface area contributed by atoms with Gasteiger partial charge in [-0.15, -0.1) is 0 Å². The number of nitrogens with zero attached hydrogens (tertiary/aromatic N) is 3. The standard InChI is InChI=1S/C19H37N5O/c1-5-24-11-7-10-17(24)13-20-19(21-14-18(25)23(3)4)22-16-9-6-8-15(2)12-16/h15-17H,5-14H2,1-4H3,(H2,20,21,22). The highest BCUT2D eigenvalue weighted by Crippen LogP contribution is 2.23. The van der Waals surface area contributed by atoms with Crippen molar-refractivity contribution in [2.24, 2.45) is 10.9 Å². The molecule has 2 fully saturated rings. The minimum absolute atomic E-state index is 0.0363. The van der Waals surface area contributed by atoms with Crippen molar-refractivity contribution in [3.05, 3.63) is 0 Å². The number of rotatable bonds is 6. The zero-order chi connectivity index (χ0) is 18.2. The summed E-state index contributed by atoms with van der Waals surface area (Å²) in [4.78, 5) is 20.6. The molecule has 2 aliphatic rings. The summed E-state index contributed by atoms with van der Waals surface area (Å²) in [7, 11) is 3.55. The molecule has 0 aromatic carbocycles. The van der Waals surface area contributed by atoms with Crippen LogP contribution in [0.1, 0.15) is 52.4 Å². The van der Waals surface area contributed by atoms with Crippen LogP contribution in [0.2, 0.25) is 0 Å². The lowest BCUT2D eigenvalue weighted by Crippen LogP contribution is -2.49. The van der Waals surface area contributed by atoms with Crippen LogP contribution >= 0.6 is 0 Å². The molecule has 25 heavy (non-hydrogen) atoms. The van der Waals surface area contributed by atoms with Crippen molar-refractivity contribution in [3.8, 4) is 0 Å². The smallest absolute Gasteiger partial charge is 0.243 e. The molecule has 3 unspecified atom stereocenters. The first-order chi connectivity index (χ1) is 12.0. The lowest BCUT2D eigenvalue weighted by Gasteiger charge is -2.30. The number of hydrogen-bond donors (Lipinski definition) is 2. The molecule has 144 valence electrons. The first-order valence-electron chi connectivity index (χ1n) is 9.98. The Bertz CT molecular complexity index is 451. The van der Waals surface area contributed by atoms with E-state index < -0.39 is 0 Å². The molecule has 1 heterocycles. The molecule has 0 spiro atoms. The topological polar surface area (TPSA) is 60.0 Å². The van der Waals surface area contributed by atoms with E-state index >= 15 is 0 Å². The highest BCUT2D eigenvalue weighted by atomic mass is 16.2. The van der Waals surface area contributed by atoms with E-state index in [2.05, 4.69) is 34.4 Å². The summed E-state index contributed by atoms with van der Waals surface area (Å²) < 4.78 is 0. The fourth-order valence-corrected chi connectivity index (χ4v) is 3.96. The van der Waals surface area contributed by atoms with Gasteiger partial charge in [-0.1, -0.05) is 26.7 Å². The Morgan fingerprint density at radius 3 is 2.72 bits per heavy atom. The normalized spacial score (nSPS) is 28.0. The first-order valence-corrected chi connectivity index (χ1v) is 9.98. The number of nitrogens with one attached hydrogen (secondary N) is 2. The van der Waals surface area contributed by atoms with Gasteiger partial charge in [0.25, 0.3) is 0 Å². The molecule has 2 rings (SSSR count). The predicted molar refractivity (Wildman–Crippen MR) is 104 cm³/mol.